The smallest absolute Gasteiger partial charge is 0.264 e. The van der Waals surface area contributed by atoms with Gasteiger partial charge in [0.15, 0.2) is 0 Å². The zero-order chi connectivity index (χ0) is 19.8. The van der Waals surface area contributed by atoms with Gasteiger partial charge >= 0.3 is 0 Å². The molecule has 0 spiro atoms. The number of rotatable bonds is 3. The van der Waals surface area contributed by atoms with Crippen molar-refractivity contribution in [1.29, 1.82) is 0 Å². The molecule has 0 radical (unpaired) electrons. The topological polar surface area (TPSA) is 37.4 Å². The maximum Gasteiger partial charge on any atom is 0.264 e. The minimum Gasteiger partial charge on any atom is -0.264 e. The van der Waals surface area contributed by atoms with E-state index in [2.05, 4.69) is 6.07 Å². The lowest BCUT2D eigenvalue weighted by Crippen LogP contribution is -2.35. The Morgan fingerprint density at radius 2 is 1.48 bits per heavy atom. The highest BCUT2D eigenvalue weighted by molar-refractivity contribution is 8.00. The summed E-state index contributed by atoms with van der Waals surface area (Å²) in [5.74, 6) is 0.741. The van der Waals surface area contributed by atoms with E-state index in [9.17, 15) is 8.42 Å². The predicted molar refractivity (Wildman–Crippen MR) is 121 cm³/mol. The number of sulfonamides is 1. The van der Waals surface area contributed by atoms with Gasteiger partial charge in [0.2, 0.25) is 0 Å². The molecule has 5 heteroatoms. The van der Waals surface area contributed by atoms with Crippen LogP contribution in [0, 0.1) is 0 Å². The Morgan fingerprint density at radius 1 is 0.724 bits per heavy atom. The normalized spacial score (nSPS) is 14.0. The summed E-state index contributed by atoms with van der Waals surface area (Å²) in [6.07, 6.45) is 0. The summed E-state index contributed by atoms with van der Waals surface area (Å²) < 4.78 is 28.7. The first-order valence-electron chi connectivity index (χ1n) is 9.47. The maximum absolute atomic E-state index is 13.6. The zero-order valence-corrected chi connectivity index (χ0v) is 17.3. The molecule has 0 fully saturated rings. The Bertz CT molecular complexity index is 1300. The van der Waals surface area contributed by atoms with Crippen LogP contribution >= 0.6 is 11.8 Å². The fraction of sp³-hybridized carbons (Fsp3) is 0.0833. The van der Waals surface area contributed by atoms with Crippen molar-refractivity contribution >= 4 is 38.2 Å². The van der Waals surface area contributed by atoms with Crippen molar-refractivity contribution < 1.29 is 8.42 Å². The van der Waals surface area contributed by atoms with Crippen LogP contribution in [0.4, 0.5) is 5.69 Å². The van der Waals surface area contributed by atoms with E-state index in [0.29, 0.717) is 11.4 Å². The van der Waals surface area contributed by atoms with Crippen molar-refractivity contribution in [2.75, 3.05) is 16.6 Å². The lowest BCUT2D eigenvalue weighted by atomic mass is 10.1. The monoisotopic (exact) mass is 417 g/mol. The second-order valence-corrected chi connectivity index (χ2v) is 9.98. The highest BCUT2D eigenvalue weighted by Gasteiger charge is 2.30. The summed E-state index contributed by atoms with van der Waals surface area (Å²) in [5.41, 5.74) is 2.86. The molecular formula is C24H19NO2S2. The molecule has 0 saturated heterocycles. The Labute approximate surface area is 175 Å². The molecule has 1 heterocycles. The summed E-state index contributed by atoms with van der Waals surface area (Å²) in [6, 6.07) is 29.3. The average Bonchev–Trinajstić information content (AvgIpc) is 2.78. The lowest BCUT2D eigenvalue weighted by molar-refractivity contribution is 0.591. The van der Waals surface area contributed by atoms with E-state index in [-0.39, 0.29) is 0 Å². The van der Waals surface area contributed by atoms with Crippen LogP contribution in [0.15, 0.2) is 101 Å². The Balaban J connectivity index is 1.61. The molecule has 3 nitrogen and oxygen atoms in total. The van der Waals surface area contributed by atoms with Gasteiger partial charge in [0.05, 0.1) is 10.6 Å². The molecule has 0 atom stereocenters. The van der Waals surface area contributed by atoms with E-state index in [4.69, 9.17) is 0 Å². The highest BCUT2D eigenvalue weighted by Crippen LogP contribution is 2.40. The van der Waals surface area contributed by atoms with Crippen LogP contribution in [0.3, 0.4) is 0 Å². The fourth-order valence-electron chi connectivity index (χ4n) is 3.71. The van der Waals surface area contributed by atoms with Crippen LogP contribution in [0.2, 0.25) is 0 Å². The first kappa shape index (κ1) is 18.3. The standard InChI is InChI=1S/C24H19NO2S2/c26-29(27,22-12-10-19-8-4-5-9-20(19)16-22)25-14-15-28-24-13-11-21(17-23(24)25)18-6-2-1-3-7-18/h1-13,16-17H,14-15H2. The molecule has 4 aromatic carbocycles. The zero-order valence-electron chi connectivity index (χ0n) is 15.7. The molecule has 1 aliphatic rings. The summed E-state index contributed by atoms with van der Waals surface area (Å²) in [6.45, 7) is 0.463. The van der Waals surface area contributed by atoms with E-state index < -0.39 is 10.0 Å². The van der Waals surface area contributed by atoms with E-state index in [1.54, 1.807) is 28.2 Å². The summed E-state index contributed by atoms with van der Waals surface area (Å²) in [4.78, 5) is 1.33. The van der Waals surface area contributed by atoms with Gasteiger partial charge in [-0.25, -0.2) is 8.42 Å². The van der Waals surface area contributed by atoms with Crippen LogP contribution in [0.1, 0.15) is 0 Å². The van der Waals surface area contributed by atoms with Gasteiger partial charge in [0, 0.05) is 17.2 Å². The van der Waals surface area contributed by atoms with E-state index in [0.717, 1.165) is 38.2 Å². The number of benzene rings is 4. The molecule has 144 valence electrons. The van der Waals surface area contributed by atoms with Crippen molar-refractivity contribution in [3.05, 3.63) is 91.0 Å². The first-order chi connectivity index (χ1) is 14.1. The second kappa shape index (κ2) is 7.25. The van der Waals surface area contributed by atoms with Crippen molar-refractivity contribution in [3.63, 3.8) is 0 Å². The SMILES string of the molecule is O=S(=O)(c1ccc2ccccc2c1)N1CCSc2ccc(-c3ccccc3)cc21. The Hall–Kier alpha value is -2.76. The minimum absolute atomic E-state index is 0.333. The summed E-state index contributed by atoms with van der Waals surface area (Å²) >= 11 is 1.70. The van der Waals surface area contributed by atoms with Gasteiger partial charge in [-0.05, 0) is 46.2 Å². The van der Waals surface area contributed by atoms with Gasteiger partial charge in [-0.1, -0.05) is 66.7 Å². The summed E-state index contributed by atoms with van der Waals surface area (Å²) in [7, 11) is -3.65. The molecule has 0 N–H and O–H groups in total. The third-order valence-corrected chi connectivity index (χ3v) is 8.05. The number of thioether (sulfide) groups is 1. The molecular weight excluding hydrogens is 398 g/mol. The minimum atomic E-state index is -3.65. The number of fused-ring (bicyclic) bond motifs is 2. The molecule has 1 aliphatic heterocycles. The second-order valence-electron chi connectivity index (χ2n) is 6.98. The van der Waals surface area contributed by atoms with Gasteiger partial charge in [-0.15, -0.1) is 11.8 Å². The van der Waals surface area contributed by atoms with Crippen molar-refractivity contribution in [2.45, 2.75) is 9.79 Å². The molecule has 29 heavy (non-hydrogen) atoms. The van der Waals surface area contributed by atoms with Crippen LogP contribution < -0.4 is 4.31 Å². The van der Waals surface area contributed by atoms with Gasteiger partial charge < -0.3 is 0 Å². The van der Waals surface area contributed by atoms with Crippen LogP contribution in [0.5, 0.6) is 0 Å². The van der Waals surface area contributed by atoms with Gasteiger partial charge in [0.25, 0.3) is 10.0 Å². The summed E-state index contributed by atoms with van der Waals surface area (Å²) in [5, 5.41) is 1.96. The number of hydrogen-bond acceptors (Lipinski definition) is 3. The van der Waals surface area contributed by atoms with E-state index >= 15 is 0 Å². The van der Waals surface area contributed by atoms with Crippen molar-refractivity contribution in [3.8, 4) is 11.1 Å². The van der Waals surface area contributed by atoms with Crippen molar-refractivity contribution in [1.82, 2.24) is 0 Å². The molecule has 0 amide bonds. The molecule has 0 aliphatic carbocycles. The molecule has 0 aromatic heterocycles. The third kappa shape index (κ3) is 3.30. The molecule has 0 saturated carbocycles. The van der Waals surface area contributed by atoms with Crippen LogP contribution in [-0.2, 0) is 10.0 Å². The molecule has 5 rings (SSSR count). The highest BCUT2D eigenvalue weighted by atomic mass is 32.2. The lowest BCUT2D eigenvalue weighted by Gasteiger charge is -2.30. The maximum atomic E-state index is 13.6. The fourth-order valence-corrected chi connectivity index (χ4v) is 6.37. The molecule has 0 bridgehead atoms. The molecule has 4 aromatic rings. The first-order valence-corrected chi connectivity index (χ1v) is 11.9. The van der Waals surface area contributed by atoms with E-state index in [1.165, 1.54) is 0 Å². The number of hydrogen-bond donors (Lipinski definition) is 0. The van der Waals surface area contributed by atoms with Gasteiger partial charge in [0.1, 0.15) is 0 Å². The number of anilines is 1. The largest absolute Gasteiger partial charge is 0.264 e. The van der Waals surface area contributed by atoms with Gasteiger partial charge in [-0.2, -0.15) is 0 Å². The number of nitrogens with zero attached hydrogens (tertiary/aromatic N) is 1. The van der Waals surface area contributed by atoms with Gasteiger partial charge in [-0.3, -0.25) is 4.31 Å². The quantitative estimate of drug-likeness (QED) is 0.422. The Kier molecular flexibility index (Phi) is 4.57. The third-order valence-electron chi connectivity index (χ3n) is 5.20. The Morgan fingerprint density at radius 3 is 2.31 bits per heavy atom. The van der Waals surface area contributed by atoms with Crippen LogP contribution in [-0.4, -0.2) is 20.7 Å². The average molecular weight is 418 g/mol. The predicted octanol–water partition coefficient (Wildman–Crippen LogP) is 5.81. The molecule has 0 unspecified atom stereocenters. The van der Waals surface area contributed by atoms with Crippen molar-refractivity contribution in [2.24, 2.45) is 0 Å². The van der Waals surface area contributed by atoms with E-state index in [1.807, 2.05) is 72.8 Å². The van der Waals surface area contributed by atoms with Crippen LogP contribution in [0.25, 0.3) is 21.9 Å².